The summed E-state index contributed by atoms with van der Waals surface area (Å²) in [6.45, 7) is 3.49. The van der Waals surface area contributed by atoms with Crippen LogP contribution in [0.5, 0.6) is 0 Å². The number of halogens is 1. The minimum Gasteiger partial charge on any atom is -0.314 e. The Morgan fingerprint density at radius 1 is 1.37 bits per heavy atom. The minimum atomic E-state index is -1.12. The van der Waals surface area contributed by atoms with Crippen LogP contribution in [0.15, 0.2) is 28.7 Å². The van der Waals surface area contributed by atoms with Crippen molar-refractivity contribution in [2.75, 3.05) is 5.32 Å². The highest BCUT2D eigenvalue weighted by Crippen LogP contribution is 2.23. The molecule has 0 aliphatic carbocycles. The molecule has 7 heteroatoms. The molecule has 0 aliphatic rings. The molecular formula is C12H13BrN4OS. The third-order valence-corrected chi connectivity index (χ3v) is 3.94. The van der Waals surface area contributed by atoms with Gasteiger partial charge in [0.25, 0.3) is 5.91 Å². The first-order valence-corrected chi connectivity index (χ1v) is 7.17. The van der Waals surface area contributed by atoms with Gasteiger partial charge in [0.15, 0.2) is 0 Å². The summed E-state index contributed by atoms with van der Waals surface area (Å²) in [5.74, 6) is -0.314. The van der Waals surface area contributed by atoms with Crippen molar-refractivity contribution in [3.63, 3.8) is 0 Å². The number of nitrogens with two attached hydrogens (primary N) is 1. The van der Waals surface area contributed by atoms with Crippen LogP contribution in [0.4, 0.5) is 5.13 Å². The third-order valence-electron chi connectivity index (χ3n) is 2.66. The second kappa shape index (κ2) is 5.36. The van der Waals surface area contributed by atoms with Crippen molar-refractivity contribution in [1.29, 1.82) is 0 Å². The van der Waals surface area contributed by atoms with Gasteiger partial charge in [-0.3, -0.25) is 10.1 Å². The lowest BCUT2D eigenvalue weighted by Gasteiger charge is -2.23. The second-order valence-electron chi connectivity index (χ2n) is 4.29. The van der Waals surface area contributed by atoms with Gasteiger partial charge < -0.3 is 5.73 Å². The molecule has 0 fully saturated rings. The summed E-state index contributed by atoms with van der Waals surface area (Å²) >= 11 is 4.66. The maximum absolute atomic E-state index is 12.2. The van der Waals surface area contributed by atoms with E-state index in [0.717, 1.165) is 15.0 Å². The Balaban J connectivity index is 2.19. The van der Waals surface area contributed by atoms with Gasteiger partial charge in [0.2, 0.25) is 5.13 Å². The zero-order valence-electron chi connectivity index (χ0n) is 10.5. The minimum absolute atomic E-state index is 0.314. The molecule has 1 amide bonds. The number of carbonyl (C=O) groups excluding carboxylic acids is 1. The number of nitrogens with zero attached hydrogens (tertiary/aromatic N) is 2. The van der Waals surface area contributed by atoms with Crippen LogP contribution >= 0.6 is 27.3 Å². The molecule has 1 heterocycles. The van der Waals surface area contributed by atoms with Gasteiger partial charge in [-0.25, -0.2) is 0 Å². The van der Waals surface area contributed by atoms with Crippen molar-refractivity contribution < 1.29 is 4.79 Å². The van der Waals surface area contributed by atoms with Crippen molar-refractivity contribution >= 4 is 38.3 Å². The van der Waals surface area contributed by atoms with Gasteiger partial charge in [0, 0.05) is 4.47 Å². The number of nitrogens with one attached hydrogen (secondary N) is 1. The second-order valence-corrected chi connectivity index (χ2v) is 6.39. The standard InChI is InChI=1S/C12H13BrN4OS/c1-7-16-17-11(19-7)15-10(18)12(2,14)8-3-5-9(13)6-4-8/h3-6H,14H2,1-2H3,(H,15,17,18). The highest BCUT2D eigenvalue weighted by Gasteiger charge is 2.31. The van der Waals surface area contributed by atoms with Gasteiger partial charge >= 0.3 is 0 Å². The van der Waals surface area contributed by atoms with E-state index in [1.165, 1.54) is 11.3 Å². The third kappa shape index (κ3) is 3.17. The molecule has 19 heavy (non-hydrogen) atoms. The van der Waals surface area contributed by atoms with E-state index >= 15 is 0 Å². The summed E-state index contributed by atoms with van der Waals surface area (Å²) in [4.78, 5) is 12.2. The number of carbonyl (C=O) groups is 1. The molecule has 2 rings (SSSR count). The van der Waals surface area contributed by atoms with Crippen LogP contribution < -0.4 is 11.1 Å². The molecular weight excluding hydrogens is 328 g/mol. The van der Waals surface area contributed by atoms with Crippen molar-refractivity contribution in [2.24, 2.45) is 5.73 Å². The molecule has 1 unspecified atom stereocenters. The van der Waals surface area contributed by atoms with E-state index in [2.05, 4.69) is 31.4 Å². The highest BCUT2D eigenvalue weighted by molar-refractivity contribution is 9.10. The fourth-order valence-electron chi connectivity index (χ4n) is 1.50. The lowest BCUT2D eigenvalue weighted by Crippen LogP contribution is -2.45. The van der Waals surface area contributed by atoms with Gasteiger partial charge in [0.05, 0.1) is 0 Å². The van der Waals surface area contributed by atoms with E-state index in [1.807, 2.05) is 31.2 Å². The molecule has 0 saturated carbocycles. The van der Waals surface area contributed by atoms with Gasteiger partial charge in [-0.1, -0.05) is 39.4 Å². The average Bonchev–Trinajstić information content (AvgIpc) is 2.75. The molecule has 0 saturated heterocycles. The predicted octanol–water partition coefficient (Wildman–Crippen LogP) is 2.42. The van der Waals surface area contributed by atoms with Crippen LogP contribution in [-0.4, -0.2) is 16.1 Å². The monoisotopic (exact) mass is 340 g/mol. The van der Waals surface area contributed by atoms with Crippen LogP contribution in [0.2, 0.25) is 0 Å². The summed E-state index contributed by atoms with van der Waals surface area (Å²) in [5, 5.41) is 11.6. The van der Waals surface area contributed by atoms with E-state index in [1.54, 1.807) is 6.92 Å². The summed E-state index contributed by atoms with van der Waals surface area (Å²) in [6, 6.07) is 7.33. The maximum atomic E-state index is 12.2. The van der Waals surface area contributed by atoms with Crippen LogP contribution in [0.25, 0.3) is 0 Å². The van der Waals surface area contributed by atoms with E-state index in [4.69, 9.17) is 5.73 Å². The number of hydrogen-bond donors (Lipinski definition) is 2. The Morgan fingerprint density at radius 3 is 2.53 bits per heavy atom. The predicted molar refractivity (Wildman–Crippen MR) is 79.0 cm³/mol. The van der Waals surface area contributed by atoms with E-state index in [-0.39, 0.29) is 5.91 Å². The normalized spacial score (nSPS) is 13.9. The van der Waals surface area contributed by atoms with Crippen LogP contribution in [0.3, 0.4) is 0 Å². The fourth-order valence-corrected chi connectivity index (χ4v) is 2.35. The first-order chi connectivity index (χ1) is 8.89. The zero-order valence-corrected chi connectivity index (χ0v) is 12.9. The molecule has 0 radical (unpaired) electrons. The Kier molecular flexibility index (Phi) is 3.98. The molecule has 0 aliphatic heterocycles. The summed E-state index contributed by atoms with van der Waals surface area (Å²) < 4.78 is 0.937. The number of amides is 1. The Hall–Kier alpha value is -1.31. The molecule has 1 aromatic carbocycles. The smallest absolute Gasteiger partial charge is 0.250 e. The topological polar surface area (TPSA) is 80.9 Å². The first-order valence-electron chi connectivity index (χ1n) is 5.56. The largest absolute Gasteiger partial charge is 0.314 e. The van der Waals surface area contributed by atoms with Gasteiger partial charge in [0.1, 0.15) is 10.5 Å². The summed E-state index contributed by atoms with van der Waals surface area (Å²) in [5.41, 5.74) is 5.72. The number of hydrogen-bond acceptors (Lipinski definition) is 5. The van der Waals surface area contributed by atoms with Gasteiger partial charge in [-0.15, -0.1) is 10.2 Å². The van der Waals surface area contributed by atoms with E-state index in [9.17, 15) is 4.79 Å². The molecule has 1 atom stereocenters. The van der Waals surface area contributed by atoms with Crippen LogP contribution in [0, 0.1) is 6.92 Å². The zero-order chi connectivity index (χ0) is 14.0. The molecule has 100 valence electrons. The lowest BCUT2D eigenvalue weighted by atomic mass is 9.92. The van der Waals surface area contributed by atoms with Gasteiger partial charge in [-0.2, -0.15) is 0 Å². The van der Waals surface area contributed by atoms with Gasteiger partial charge in [-0.05, 0) is 31.5 Å². The molecule has 0 spiro atoms. The van der Waals surface area contributed by atoms with Crippen molar-refractivity contribution in [1.82, 2.24) is 10.2 Å². The molecule has 3 N–H and O–H groups in total. The van der Waals surface area contributed by atoms with E-state index in [0.29, 0.717) is 5.13 Å². The quantitative estimate of drug-likeness (QED) is 0.898. The number of benzene rings is 1. The number of anilines is 1. The molecule has 1 aromatic heterocycles. The highest BCUT2D eigenvalue weighted by atomic mass is 79.9. The van der Waals surface area contributed by atoms with Crippen molar-refractivity contribution in [3.05, 3.63) is 39.3 Å². The Labute approximate surface area is 123 Å². The maximum Gasteiger partial charge on any atom is 0.250 e. The SMILES string of the molecule is Cc1nnc(NC(=O)C(C)(N)c2ccc(Br)cc2)s1. The van der Waals surface area contributed by atoms with Crippen LogP contribution in [-0.2, 0) is 10.3 Å². The molecule has 0 bridgehead atoms. The Bertz CT molecular complexity index is 594. The number of aryl methyl sites for hydroxylation is 1. The fraction of sp³-hybridized carbons (Fsp3) is 0.250. The van der Waals surface area contributed by atoms with E-state index < -0.39 is 5.54 Å². The first kappa shape index (κ1) is 14.1. The van der Waals surface area contributed by atoms with Crippen molar-refractivity contribution in [3.8, 4) is 0 Å². The number of rotatable bonds is 3. The number of aromatic nitrogens is 2. The lowest BCUT2D eigenvalue weighted by molar-refractivity contribution is -0.120. The Morgan fingerprint density at radius 2 is 2.00 bits per heavy atom. The summed E-state index contributed by atoms with van der Waals surface area (Å²) in [7, 11) is 0. The average molecular weight is 341 g/mol. The van der Waals surface area contributed by atoms with Crippen LogP contribution in [0.1, 0.15) is 17.5 Å². The molecule has 2 aromatic rings. The summed E-state index contributed by atoms with van der Waals surface area (Å²) in [6.07, 6.45) is 0. The molecule has 5 nitrogen and oxygen atoms in total. The van der Waals surface area contributed by atoms with Crippen molar-refractivity contribution in [2.45, 2.75) is 19.4 Å².